The lowest BCUT2D eigenvalue weighted by molar-refractivity contribution is 0.0651. The fourth-order valence-electron chi connectivity index (χ4n) is 2.17. The van der Waals surface area contributed by atoms with Gasteiger partial charge in [0.25, 0.3) is 11.8 Å². The quantitative estimate of drug-likeness (QED) is 0.348. The predicted molar refractivity (Wildman–Crippen MR) is 90.4 cm³/mol. The lowest BCUT2D eigenvalue weighted by Crippen LogP contribution is -2.30. The van der Waals surface area contributed by atoms with Crippen LogP contribution < -0.4 is 5.73 Å². The summed E-state index contributed by atoms with van der Waals surface area (Å²) in [5.74, 6) is 0.421. The van der Waals surface area contributed by atoms with E-state index in [1.807, 2.05) is 0 Å². The number of hydrogen-bond acceptors (Lipinski definition) is 4. The van der Waals surface area contributed by atoms with Gasteiger partial charge in [-0.15, -0.1) is 17.0 Å². The minimum atomic E-state index is -0.191. The normalized spacial score (nSPS) is 13.0. The third kappa shape index (κ3) is 4.31. The number of hydrogen-bond donors (Lipinski definition) is 2. The average molecular weight is 372 g/mol. The molecule has 1 aliphatic rings. The van der Waals surface area contributed by atoms with E-state index in [4.69, 9.17) is 11.1 Å². The molecule has 2 rings (SSSR count). The number of nitrogens with zero attached hydrogens (tertiary/aromatic N) is 1. The number of amides is 2. The van der Waals surface area contributed by atoms with Crippen LogP contribution in [0.4, 0.5) is 0 Å². The number of unbranched alkanes of at least 4 members (excludes halogenated alkanes) is 2. The third-order valence-electron chi connectivity index (χ3n) is 3.16. The second kappa shape index (κ2) is 8.19. The fourth-order valence-corrected chi connectivity index (χ4v) is 2.74. The van der Waals surface area contributed by atoms with Gasteiger partial charge in [-0.25, -0.2) is 0 Å². The van der Waals surface area contributed by atoms with Crippen molar-refractivity contribution in [1.29, 1.82) is 5.41 Å². The first kappa shape index (κ1) is 17.7. The molecular formula is C14H18BrN3O2S. The maximum Gasteiger partial charge on any atom is 0.261 e. The molecule has 1 heterocycles. The average Bonchev–Trinajstić information content (AvgIpc) is 2.67. The summed E-state index contributed by atoms with van der Waals surface area (Å²) in [6.45, 7) is 0.455. The van der Waals surface area contributed by atoms with E-state index in [1.54, 1.807) is 24.3 Å². The van der Waals surface area contributed by atoms with Crippen LogP contribution in [-0.4, -0.2) is 34.2 Å². The highest BCUT2D eigenvalue weighted by Gasteiger charge is 2.34. The number of rotatable bonds is 6. The maximum atomic E-state index is 12.1. The molecule has 7 heteroatoms. The van der Waals surface area contributed by atoms with E-state index in [0.717, 1.165) is 25.0 Å². The molecule has 1 aromatic carbocycles. The van der Waals surface area contributed by atoms with Crippen LogP contribution in [0.5, 0.6) is 0 Å². The first-order valence-electron chi connectivity index (χ1n) is 6.53. The van der Waals surface area contributed by atoms with Crippen LogP contribution in [0.1, 0.15) is 40.0 Å². The smallest absolute Gasteiger partial charge is 0.261 e. The number of benzene rings is 1. The molecular weight excluding hydrogens is 354 g/mol. The number of carbonyl (C=O) groups excluding carboxylic acids is 2. The van der Waals surface area contributed by atoms with Crippen molar-refractivity contribution in [3.63, 3.8) is 0 Å². The van der Waals surface area contributed by atoms with Gasteiger partial charge in [-0.3, -0.25) is 19.9 Å². The van der Waals surface area contributed by atoms with Crippen LogP contribution in [0.15, 0.2) is 24.3 Å². The molecule has 0 aliphatic carbocycles. The van der Waals surface area contributed by atoms with Gasteiger partial charge in [0.1, 0.15) is 0 Å². The number of thioether (sulfide) groups is 1. The highest BCUT2D eigenvalue weighted by atomic mass is 79.9. The van der Waals surface area contributed by atoms with Crippen LogP contribution in [0, 0.1) is 5.41 Å². The van der Waals surface area contributed by atoms with Gasteiger partial charge in [0.2, 0.25) is 0 Å². The molecule has 0 bridgehead atoms. The largest absolute Gasteiger partial charge is 0.379 e. The summed E-state index contributed by atoms with van der Waals surface area (Å²) in [7, 11) is 0. The van der Waals surface area contributed by atoms with Gasteiger partial charge in [0.15, 0.2) is 5.17 Å². The van der Waals surface area contributed by atoms with Crippen molar-refractivity contribution in [1.82, 2.24) is 4.90 Å². The van der Waals surface area contributed by atoms with Gasteiger partial charge >= 0.3 is 0 Å². The minimum absolute atomic E-state index is 0. The molecule has 0 unspecified atom stereocenters. The van der Waals surface area contributed by atoms with E-state index < -0.39 is 0 Å². The predicted octanol–water partition coefficient (Wildman–Crippen LogP) is 2.66. The van der Waals surface area contributed by atoms with Crippen molar-refractivity contribution in [3.05, 3.63) is 35.4 Å². The Kier molecular flexibility index (Phi) is 6.91. The molecule has 0 saturated carbocycles. The van der Waals surface area contributed by atoms with Crippen molar-refractivity contribution in [2.75, 3.05) is 12.3 Å². The highest BCUT2D eigenvalue weighted by Crippen LogP contribution is 2.22. The Labute approximate surface area is 138 Å². The number of nitrogens with one attached hydrogen (secondary N) is 1. The van der Waals surface area contributed by atoms with Crippen molar-refractivity contribution >= 4 is 45.7 Å². The minimum Gasteiger partial charge on any atom is -0.379 e. The topological polar surface area (TPSA) is 87.2 Å². The zero-order valence-corrected chi connectivity index (χ0v) is 14.0. The Morgan fingerprint density at radius 2 is 1.67 bits per heavy atom. The summed E-state index contributed by atoms with van der Waals surface area (Å²) < 4.78 is 0. The van der Waals surface area contributed by atoms with Crippen LogP contribution in [-0.2, 0) is 0 Å². The Bertz CT molecular complexity index is 516. The molecule has 2 amide bonds. The molecule has 0 saturated heterocycles. The number of carbonyl (C=O) groups is 2. The fraction of sp³-hybridized carbons (Fsp3) is 0.357. The molecule has 0 atom stereocenters. The van der Waals surface area contributed by atoms with E-state index in [1.165, 1.54) is 16.7 Å². The van der Waals surface area contributed by atoms with E-state index in [9.17, 15) is 9.59 Å². The van der Waals surface area contributed by atoms with Crippen molar-refractivity contribution in [3.8, 4) is 0 Å². The Hall–Kier alpha value is -1.34. The number of amidine groups is 1. The molecule has 0 radical (unpaired) electrons. The maximum absolute atomic E-state index is 12.1. The van der Waals surface area contributed by atoms with E-state index >= 15 is 0 Å². The Morgan fingerprint density at radius 3 is 2.19 bits per heavy atom. The molecule has 21 heavy (non-hydrogen) atoms. The highest BCUT2D eigenvalue weighted by molar-refractivity contribution is 8.93. The van der Waals surface area contributed by atoms with Gasteiger partial charge in [-0.2, -0.15) is 0 Å². The SMILES string of the molecule is Br.N=C(N)SCCCCCN1C(=O)c2ccccc2C1=O. The van der Waals surface area contributed by atoms with E-state index in [0.29, 0.717) is 17.7 Å². The number of nitrogens with two attached hydrogens (primary N) is 1. The summed E-state index contributed by atoms with van der Waals surface area (Å²) in [5, 5.41) is 7.21. The Balaban J connectivity index is 0.00000220. The molecule has 0 spiro atoms. The number of halogens is 1. The van der Waals surface area contributed by atoms with Gasteiger partial charge < -0.3 is 5.73 Å². The summed E-state index contributed by atoms with van der Waals surface area (Å²) >= 11 is 1.32. The van der Waals surface area contributed by atoms with Gasteiger partial charge in [-0.05, 0) is 25.0 Å². The van der Waals surface area contributed by atoms with Crippen LogP contribution in [0.2, 0.25) is 0 Å². The number of imide groups is 1. The van der Waals surface area contributed by atoms with Crippen LogP contribution >= 0.6 is 28.7 Å². The van der Waals surface area contributed by atoms with Crippen LogP contribution in [0.3, 0.4) is 0 Å². The first-order chi connectivity index (χ1) is 9.61. The third-order valence-corrected chi connectivity index (χ3v) is 3.97. The lowest BCUT2D eigenvalue weighted by Gasteiger charge is -2.13. The van der Waals surface area contributed by atoms with Gasteiger partial charge in [0.05, 0.1) is 11.1 Å². The monoisotopic (exact) mass is 371 g/mol. The van der Waals surface area contributed by atoms with E-state index in [-0.39, 0.29) is 34.0 Å². The summed E-state index contributed by atoms with van der Waals surface area (Å²) in [4.78, 5) is 25.5. The standard InChI is InChI=1S/C14H17N3O2S.BrH/c15-14(16)20-9-5-1-4-8-17-12(18)10-6-2-3-7-11(10)13(17)19;/h2-3,6-7H,1,4-5,8-9H2,(H3,15,16);1H. The molecule has 1 aromatic rings. The molecule has 0 fully saturated rings. The van der Waals surface area contributed by atoms with Crippen molar-refractivity contribution < 1.29 is 9.59 Å². The zero-order chi connectivity index (χ0) is 14.5. The zero-order valence-electron chi connectivity index (χ0n) is 11.5. The second-order valence-corrected chi connectivity index (χ2v) is 5.72. The van der Waals surface area contributed by atoms with Crippen molar-refractivity contribution in [2.24, 2.45) is 5.73 Å². The summed E-state index contributed by atoms with van der Waals surface area (Å²) in [6.07, 6.45) is 2.62. The van der Waals surface area contributed by atoms with Crippen molar-refractivity contribution in [2.45, 2.75) is 19.3 Å². The van der Waals surface area contributed by atoms with Crippen LogP contribution in [0.25, 0.3) is 0 Å². The Morgan fingerprint density at radius 1 is 1.10 bits per heavy atom. The molecule has 1 aliphatic heterocycles. The van der Waals surface area contributed by atoms with E-state index in [2.05, 4.69) is 0 Å². The second-order valence-electron chi connectivity index (χ2n) is 4.58. The first-order valence-corrected chi connectivity index (χ1v) is 7.52. The molecule has 5 nitrogen and oxygen atoms in total. The molecule has 114 valence electrons. The molecule has 0 aromatic heterocycles. The molecule has 3 N–H and O–H groups in total. The summed E-state index contributed by atoms with van der Waals surface area (Å²) in [6, 6.07) is 6.93. The number of fused-ring (bicyclic) bond motifs is 1. The van der Waals surface area contributed by atoms with Gasteiger partial charge in [0, 0.05) is 12.3 Å². The summed E-state index contributed by atoms with van der Waals surface area (Å²) in [5.41, 5.74) is 6.25. The lowest BCUT2D eigenvalue weighted by atomic mass is 10.1. The van der Waals surface area contributed by atoms with Gasteiger partial charge in [-0.1, -0.05) is 30.3 Å².